The first kappa shape index (κ1) is 51.9. The number of hydrogen-bond acceptors (Lipinski definition) is 10. The van der Waals surface area contributed by atoms with Crippen molar-refractivity contribution in [2.75, 3.05) is 13.7 Å². The molecule has 17 nitrogen and oxygen atoms in total. The van der Waals surface area contributed by atoms with Crippen LogP contribution in [0.15, 0.2) is 54.6 Å². The van der Waals surface area contributed by atoms with Crippen molar-refractivity contribution in [3.63, 3.8) is 0 Å². The Morgan fingerprint density at radius 3 is 2.20 bits per heavy atom. The summed E-state index contributed by atoms with van der Waals surface area (Å²) in [5.74, 6) is -3.49. The molecule has 0 saturated carbocycles. The van der Waals surface area contributed by atoms with Gasteiger partial charge in [-0.05, 0) is 73.4 Å². The van der Waals surface area contributed by atoms with Gasteiger partial charge in [0.05, 0.1) is 23.7 Å². The first-order chi connectivity index (χ1) is 30.4. The second-order valence-electron chi connectivity index (χ2n) is 19.0. The van der Waals surface area contributed by atoms with Crippen LogP contribution in [0.3, 0.4) is 0 Å². The summed E-state index contributed by atoms with van der Waals surface area (Å²) >= 11 is 6.37. The number of carboxylic acid groups (broad SMARTS) is 1. The maximum atomic E-state index is 14.0. The van der Waals surface area contributed by atoms with E-state index in [9.17, 15) is 33.6 Å². The smallest absolute Gasteiger partial charge is 0.405 e. The first-order valence-electron chi connectivity index (χ1n) is 21.8. The van der Waals surface area contributed by atoms with Crippen LogP contribution >= 0.6 is 11.6 Å². The van der Waals surface area contributed by atoms with E-state index in [1.165, 1.54) is 20.1 Å². The lowest BCUT2D eigenvalue weighted by atomic mass is 9.86. The van der Waals surface area contributed by atoms with Crippen molar-refractivity contribution in [2.45, 2.75) is 131 Å². The third kappa shape index (κ3) is 15.5. The Kier molecular flexibility index (Phi) is 18.0. The molecule has 356 valence electrons. The highest BCUT2D eigenvalue weighted by molar-refractivity contribution is 6.32. The quantitative estimate of drug-likeness (QED) is 0.103. The molecule has 2 heterocycles. The van der Waals surface area contributed by atoms with Gasteiger partial charge in [0.1, 0.15) is 42.1 Å². The number of nitrogens with one attached hydrogen (secondary N) is 6. The van der Waals surface area contributed by atoms with Crippen molar-refractivity contribution < 1.29 is 52.9 Å². The van der Waals surface area contributed by atoms with Crippen LogP contribution in [0.2, 0.25) is 5.02 Å². The van der Waals surface area contributed by atoms with E-state index < -0.39 is 82.7 Å². The van der Waals surface area contributed by atoms with E-state index in [2.05, 4.69) is 31.9 Å². The maximum Gasteiger partial charge on any atom is 0.405 e. The van der Waals surface area contributed by atoms with Gasteiger partial charge < -0.3 is 51.2 Å². The van der Waals surface area contributed by atoms with Crippen LogP contribution in [-0.4, -0.2) is 96.7 Å². The molecule has 0 unspecified atom stereocenters. The molecule has 1 fully saturated rings. The fraction of sp³-hybridized carbons (Fsp3) is 0.553. The number of amides is 6. The van der Waals surface area contributed by atoms with Crippen molar-refractivity contribution in [1.82, 2.24) is 31.9 Å². The van der Waals surface area contributed by atoms with E-state index >= 15 is 0 Å². The Morgan fingerprint density at radius 2 is 1.60 bits per heavy atom. The Morgan fingerprint density at radius 1 is 0.938 bits per heavy atom. The van der Waals surface area contributed by atoms with Gasteiger partial charge >= 0.3 is 12.1 Å². The summed E-state index contributed by atoms with van der Waals surface area (Å²) in [5, 5.41) is 25.4. The van der Waals surface area contributed by atoms with Crippen LogP contribution in [0.4, 0.5) is 4.79 Å². The third-order valence-electron chi connectivity index (χ3n) is 11.3. The number of hydrogen-bond donors (Lipinski definition) is 7. The number of epoxide rings is 1. The highest BCUT2D eigenvalue weighted by Crippen LogP contribution is 2.45. The fourth-order valence-corrected chi connectivity index (χ4v) is 7.57. The van der Waals surface area contributed by atoms with Crippen molar-refractivity contribution in [1.29, 1.82) is 0 Å². The van der Waals surface area contributed by atoms with Crippen LogP contribution in [0.25, 0.3) is 0 Å². The molecular formula is C47H65ClN6O11. The normalized spacial score (nSPS) is 23.6. The number of carbonyl (C=O) groups is 7. The summed E-state index contributed by atoms with van der Waals surface area (Å²) in [7, 11) is 1.49. The summed E-state index contributed by atoms with van der Waals surface area (Å²) in [4.78, 5) is 91.5. The molecule has 4 rings (SSSR count). The van der Waals surface area contributed by atoms with Crippen LogP contribution in [0.5, 0.6) is 5.75 Å². The molecule has 8 atom stereocenters. The standard InChI is InChI=1S/C47H65ClN6O11/c1-25(2)37(54-45(61)62)42(58)51-27(4)40(56)49-23-28-14-17-30(18-15-28)39-38(65-39)26(3)34-12-11-13-36(55)52-32(21-29-16-19-35(63-10)31(48)20-29)41(57)50-24-47(8,9)44(60)53-33(43(59)64-34)22-46(5,6)7/h11,13-20,25-27,32-34,37-39,54H,12,21-24H2,1-10H3,(H,49,56)(H,50,57)(H,51,58)(H,52,55)(H,53,60)(H,61,62)/b13-11+/t26-,27-,32+,33-,34-,37-,38+,39+/m0/s1. The minimum Gasteiger partial charge on any atom is -0.495 e. The fourth-order valence-electron chi connectivity index (χ4n) is 7.29. The zero-order valence-corrected chi connectivity index (χ0v) is 39.6. The van der Waals surface area contributed by atoms with E-state index in [4.69, 9.17) is 30.9 Å². The molecule has 0 radical (unpaired) electrons. The molecule has 1 saturated heterocycles. The number of esters is 1. The molecule has 2 aromatic rings. The number of halogens is 1. The van der Waals surface area contributed by atoms with Crippen molar-refractivity contribution in [3.8, 4) is 5.75 Å². The first-order valence-corrected chi connectivity index (χ1v) is 22.2. The Bertz CT molecular complexity index is 2090. The monoisotopic (exact) mass is 924 g/mol. The molecule has 2 aliphatic rings. The summed E-state index contributed by atoms with van der Waals surface area (Å²) in [6.07, 6.45) is 0.509. The number of rotatable bonds is 14. The van der Waals surface area contributed by atoms with Gasteiger partial charge in [0, 0.05) is 31.8 Å². The van der Waals surface area contributed by atoms with Crippen molar-refractivity contribution >= 4 is 53.2 Å². The largest absolute Gasteiger partial charge is 0.495 e. The maximum absolute atomic E-state index is 14.0. The molecule has 65 heavy (non-hydrogen) atoms. The molecule has 0 aliphatic carbocycles. The number of cyclic esters (lactones) is 1. The number of benzene rings is 2. The SMILES string of the molecule is COc1ccc(C[C@H]2NC(=O)/C=C/C[C@@H]([C@H](C)[C@H]3O[C@@H]3c3ccc(CNC(=O)[C@H](C)NC(=O)[C@@H](NC(=O)O)C(C)C)cc3)OC(=O)[C@H](CC(C)(C)C)NC(=O)C(C)(C)CNC2=O)cc1Cl. The molecular weight excluding hydrogens is 860 g/mol. The van der Waals surface area contributed by atoms with Gasteiger partial charge in [0.15, 0.2) is 0 Å². The summed E-state index contributed by atoms with van der Waals surface area (Å²) in [6, 6.07) is 8.48. The number of carbonyl (C=O) groups excluding carboxylic acids is 6. The van der Waals surface area contributed by atoms with Crippen molar-refractivity contribution in [3.05, 3.63) is 76.3 Å². The highest BCUT2D eigenvalue weighted by Gasteiger charge is 2.48. The van der Waals surface area contributed by atoms with Gasteiger partial charge in [-0.2, -0.15) is 0 Å². The second-order valence-corrected chi connectivity index (χ2v) is 19.4. The van der Waals surface area contributed by atoms with Crippen molar-refractivity contribution in [2.24, 2.45) is 22.7 Å². The molecule has 6 amide bonds. The predicted octanol–water partition coefficient (Wildman–Crippen LogP) is 4.50. The second kappa shape index (κ2) is 22.5. The highest BCUT2D eigenvalue weighted by atomic mass is 35.5. The molecule has 0 aromatic heterocycles. The zero-order chi connectivity index (χ0) is 48.4. The van der Waals surface area contributed by atoms with Gasteiger partial charge in [-0.15, -0.1) is 0 Å². The average molecular weight is 926 g/mol. The van der Waals surface area contributed by atoms with Gasteiger partial charge in [0.25, 0.3) is 0 Å². The lowest BCUT2D eigenvalue weighted by molar-refractivity contribution is -0.157. The molecule has 7 N–H and O–H groups in total. The van der Waals surface area contributed by atoms with Gasteiger partial charge in [0.2, 0.25) is 29.5 Å². The van der Waals surface area contributed by atoms with E-state index in [-0.39, 0.29) is 56.4 Å². The number of methoxy groups -OCH3 is 1. The minimum absolute atomic E-state index is 0.0934. The lowest BCUT2D eigenvalue weighted by Gasteiger charge is -2.32. The van der Waals surface area contributed by atoms with E-state index in [0.717, 1.165) is 11.1 Å². The molecule has 2 aromatic carbocycles. The van der Waals surface area contributed by atoms with E-state index in [1.54, 1.807) is 52.0 Å². The predicted molar refractivity (Wildman–Crippen MR) is 243 cm³/mol. The topological polar surface area (TPSA) is 243 Å². The van der Waals surface area contributed by atoms with Crippen LogP contribution in [0.1, 0.15) is 97.9 Å². The summed E-state index contributed by atoms with van der Waals surface area (Å²) < 4.78 is 17.6. The number of ether oxygens (including phenoxy) is 3. The van der Waals surface area contributed by atoms with E-state index in [1.807, 2.05) is 52.0 Å². The summed E-state index contributed by atoms with van der Waals surface area (Å²) in [5.41, 5.74) is 0.731. The molecule has 2 aliphatic heterocycles. The zero-order valence-electron chi connectivity index (χ0n) is 38.8. The summed E-state index contributed by atoms with van der Waals surface area (Å²) in [6.45, 7) is 16.0. The lowest BCUT2D eigenvalue weighted by Crippen LogP contribution is -2.54. The third-order valence-corrected chi connectivity index (χ3v) is 11.6. The molecule has 0 spiro atoms. The van der Waals surface area contributed by atoms with Crippen LogP contribution in [0, 0.1) is 22.7 Å². The molecule has 0 bridgehead atoms. The molecule has 18 heteroatoms. The Labute approximate surface area is 385 Å². The van der Waals surface area contributed by atoms with Crippen LogP contribution in [-0.2, 0) is 51.2 Å². The minimum atomic E-state index is -1.34. The van der Waals surface area contributed by atoms with E-state index in [0.29, 0.717) is 16.3 Å². The van der Waals surface area contributed by atoms with Gasteiger partial charge in [-0.25, -0.2) is 9.59 Å². The van der Waals surface area contributed by atoms with Crippen LogP contribution < -0.4 is 36.6 Å². The average Bonchev–Trinajstić information content (AvgIpc) is 4.03. The Balaban J connectivity index is 1.50. The van der Waals surface area contributed by atoms with Gasteiger partial charge in [-0.3, -0.25) is 24.0 Å². The Hall–Kier alpha value is -5.68. The van der Waals surface area contributed by atoms with Gasteiger partial charge in [-0.1, -0.05) is 89.6 Å².